The van der Waals surface area contributed by atoms with Gasteiger partial charge in [-0.1, -0.05) is 45.0 Å². The van der Waals surface area contributed by atoms with E-state index in [1.165, 1.54) is 0 Å². The van der Waals surface area contributed by atoms with E-state index in [1.807, 2.05) is 75.4 Å². The number of hydrogen-bond acceptors (Lipinski definition) is 6. The Morgan fingerprint density at radius 1 is 1.15 bits per heavy atom. The predicted molar refractivity (Wildman–Crippen MR) is 138 cm³/mol. The number of nitrogen functional groups attached to an aromatic ring is 1. The van der Waals surface area contributed by atoms with Gasteiger partial charge < -0.3 is 10.5 Å². The molecule has 0 radical (unpaired) electrons. The lowest BCUT2D eigenvalue weighted by Gasteiger charge is -2.24. The molecule has 0 saturated heterocycles. The molecule has 0 fully saturated rings. The number of para-hydroxylation sites is 2. The zero-order chi connectivity index (χ0) is 24.2. The molecule has 0 unspecified atom stereocenters. The van der Waals surface area contributed by atoms with Crippen molar-refractivity contribution in [2.45, 2.75) is 36.0 Å². The number of nitrogens with zero attached hydrogens (tertiary/aromatic N) is 2. The van der Waals surface area contributed by atoms with E-state index in [-0.39, 0.29) is 11.3 Å². The molecule has 0 saturated carbocycles. The first-order valence-electron chi connectivity index (χ1n) is 10.4. The molecule has 1 aliphatic heterocycles. The summed E-state index contributed by atoms with van der Waals surface area (Å²) in [6.07, 6.45) is 0. The van der Waals surface area contributed by atoms with Gasteiger partial charge in [-0.2, -0.15) is 5.26 Å². The maximum absolute atomic E-state index is 13.1. The molecule has 4 rings (SSSR count). The van der Waals surface area contributed by atoms with Gasteiger partial charge in [-0.15, -0.1) is 24.4 Å². The summed E-state index contributed by atoms with van der Waals surface area (Å²) in [7, 11) is 1.56. The van der Waals surface area contributed by atoms with E-state index in [0.717, 1.165) is 26.7 Å². The second-order valence-electron chi connectivity index (χ2n) is 8.50. The summed E-state index contributed by atoms with van der Waals surface area (Å²) in [6, 6.07) is 21.0. The smallest absolute Gasteiger partial charge is 0.259 e. The standard InChI is InChI=1S/C20H20N2O2S.C6H7NS/c1-20(2,3)15-10-13(9-14(11-21)18(15)24-4)19(23)22-12-25-17-8-6-5-7-16(17)22;7-5-3-1-2-4-6(5)8/h5-10H,12H2,1-4H3;1-4,8H,7H2. The number of rotatable bonds is 2. The van der Waals surface area contributed by atoms with Gasteiger partial charge in [0.15, 0.2) is 0 Å². The fourth-order valence-corrected chi connectivity index (χ4v) is 4.62. The van der Waals surface area contributed by atoms with Crippen LogP contribution in [0.4, 0.5) is 11.4 Å². The summed E-state index contributed by atoms with van der Waals surface area (Å²) < 4.78 is 5.46. The van der Waals surface area contributed by atoms with E-state index in [9.17, 15) is 10.1 Å². The minimum atomic E-state index is -0.245. The number of thiol groups is 1. The van der Waals surface area contributed by atoms with Crippen LogP contribution < -0.4 is 15.4 Å². The number of carbonyl (C=O) groups excluding carboxylic acids is 1. The second-order valence-corrected chi connectivity index (χ2v) is 9.97. The minimum absolute atomic E-state index is 0.0953. The lowest BCUT2D eigenvalue weighted by molar-refractivity contribution is 0.0991. The van der Waals surface area contributed by atoms with Gasteiger partial charge in [0, 0.05) is 26.6 Å². The van der Waals surface area contributed by atoms with Crippen LogP contribution in [0.2, 0.25) is 0 Å². The molecule has 0 spiro atoms. The number of hydrogen-bond donors (Lipinski definition) is 2. The van der Waals surface area contributed by atoms with Crippen molar-refractivity contribution in [2.75, 3.05) is 23.6 Å². The molecule has 170 valence electrons. The number of nitrogens with two attached hydrogens (primary N) is 1. The Morgan fingerprint density at radius 2 is 1.82 bits per heavy atom. The number of carbonyl (C=O) groups is 1. The van der Waals surface area contributed by atoms with Crippen molar-refractivity contribution in [3.8, 4) is 11.8 Å². The number of ether oxygens (including phenoxy) is 1. The van der Waals surface area contributed by atoms with E-state index < -0.39 is 0 Å². The van der Waals surface area contributed by atoms with Crippen LogP contribution in [-0.4, -0.2) is 18.9 Å². The van der Waals surface area contributed by atoms with Gasteiger partial charge in [0.2, 0.25) is 0 Å². The third-order valence-electron chi connectivity index (χ3n) is 5.16. The second kappa shape index (κ2) is 10.2. The average molecular weight is 478 g/mol. The molecule has 1 aliphatic rings. The molecule has 1 amide bonds. The number of benzene rings is 3. The van der Waals surface area contributed by atoms with E-state index in [4.69, 9.17) is 10.5 Å². The number of anilines is 2. The largest absolute Gasteiger partial charge is 0.495 e. The Labute approximate surface area is 205 Å². The molecule has 2 N–H and O–H groups in total. The van der Waals surface area contributed by atoms with Crippen molar-refractivity contribution >= 4 is 41.7 Å². The van der Waals surface area contributed by atoms with Crippen LogP contribution in [-0.2, 0) is 5.41 Å². The fraction of sp³-hybridized carbons (Fsp3) is 0.231. The lowest BCUT2D eigenvalue weighted by atomic mass is 9.84. The maximum atomic E-state index is 13.1. The van der Waals surface area contributed by atoms with Gasteiger partial charge in [-0.05, 0) is 41.8 Å². The minimum Gasteiger partial charge on any atom is -0.495 e. The molecule has 0 atom stereocenters. The highest BCUT2D eigenvalue weighted by atomic mass is 32.2. The van der Waals surface area contributed by atoms with Gasteiger partial charge in [-0.25, -0.2) is 0 Å². The number of fused-ring (bicyclic) bond motifs is 1. The van der Waals surface area contributed by atoms with Crippen LogP contribution >= 0.6 is 24.4 Å². The molecule has 3 aromatic rings. The third kappa shape index (κ3) is 5.47. The van der Waals surface area contributed by atoms with Crippen molar-refractivity contribution in [1.29, 1.82) is 5.26 Å². The Morgan fingerprint density at radius 3 is 2.39 bits per heavy atom. The Balaban J connectivity index is 0.000000323. The quantitative estimate of drug-likeness (QED) is 0.343. The molecule has 0 aromatic heterocycles. The van der Waals surface area contributed by atoms with Gasteiger partial charge in [0.1, 0.15) is 11.8 Å². The number of amides is 1. The Bertz CT molecular complexity index is 1190. The lowest BCUT2D eigenvalue weighted by Crippen LogP contribution is -2.28. The Kier molecular flexibility index (Phi) is 7.62. The Hall–Kier alpha value is -3.08. The molecule has 1 heterocycles. The van der Waals surface area contributed by atoms with E-state index in [2.05, 4.69) is 18.7 Å². The zero-order valence-electron chi connectivity index (χ0n) is 19.1. The van der Waals surface area contributed by atoms with Gasteiger partial charge >= 0.3 is 0 Å². The van der Waals surface area contributed by atoms with Crippen molar-refractivity contribution in [1.82, 2.24) is 0 Å². The third-order valence-corrected chi connectivity index (χ3v) is 6.61. The van der Waals surface area contributed by atoms with Gasteiger partial charge in [-0.3, -0.25) is 9.69 Å². The summed E-state index contributed by atoms with van der Waals surface area (Å²) in [5, 5.41) is 9.51. The summed E-state index contributed by atoms with van der Waals surface area (Å²) in [6.45, 7) is 6.13. The van der Waals surface area contributed by atoms with Crippen LogP contribution in [0.15, 0.2) is 70.5 Å². The number of nitriles is 1. The first-order chi connectivity index (χ1) is 15.7. The molecule has 3 aromatic carbocycles. The highest BCUT2D eigenvalue weighted by Crippen LogP contribution is 2.40. The highest BCUT2D eigenvalue weighted by molar-refractivity contribution is 8.00. The van der Waals surface area contributed by atoms with Crippen LogP contribution in [0.3, 0.4) is 0 Å². The van der Waals surface area contributed by atoms with Crippen molar-refractivity contribution < 1.29 is 9.53 Å². The average Bonchev–Trinajstić information content (AvgIpc) is 3.23. The predicted octanol–water partition coefficient (Wildman–Crippen LogP) is 6.13. The van der Waals surface area contributed by atoms with E-state index >= 15 is 0 Å². The number of thioether (sulfide) groups is 1. The van der Waals surface area contributed by atoms with Crippen molar-refractivity contribution in [2.24, 2.45) is 0 Å². The zero-order valence-corrected chi connectivity index (χ0v) is 20.8. The molecular weight excluding hydrogens is 450 g/mol. The number of methoxy groups -OCH3 is 1. The summed E-state index contributed by atoms with van der Waals surface area (Å²) in [5.41, 5.74) is 8.61. The maximum Gasteiger partial charge on any atom is 0.259 e. The molecular formula is C26H27N3O2S2. The molecule has 0 aliphatic carbocycles. The summed E-state index contributed by atoms with van der Waals surface area (Å²) in [4.78, 5) is 16.8. The monoisotopic (exact) mass is 477 g/mol. The fourth-order valence-electron chi connectivity index (χ4n) is 3.43. The topological polar surface area (TPSA) is 79.3 Å². The molecule has 5 nitrogen and oxygen atoms in total. The normalized spacial score (nSPS) is 12.3. The van der Waals surface area contributed by atoms with Crippen LogP contribution in [0.25, 0.3) is 0 Å². The first-order valence-corrected chi connectivity index (χ1v) is 11.8. The molecule has 33 heavy (non-hydrogen) atoms. The van der Waals surface area contributed by atoms with Crippen LogP contribution in [0.1, 0.15) is 42.3 Å². The summed E-state index contributed by atoms with van der Waals surface area (Å²) >= 11 is 5.71. The van der Waals surface area contributed by atoms with E-state index in [0.29, 0.717) is 22.8 Å². The first kappa shape index (κ1) is 24.6. The molecule has 7 heteroatoms. The highest BCUT2D eigenvalue weighted by Gasteiger charge is 2.29. The van der Waals surface area contributed by atoms with Crippen LogP contribution in [0, 0.1) is 11.3 Å². The van der Waals surface area contributed by atoms with Gasteiger partial charge in [0.25, 0.3) is 5.91 Å². The molecule has 0 bridgehead atoms. The van der Waals surface area contributed by atoms with Crippen molar-refractivity contribution in [3.05, 3.63) is 77.4 Å². The summed E-state index contributed by atoms with van der Waals surface area (Å²) in [5.74, 6) is 1.03. The van der Waals surface area contributed by atoms with Crippen LogP contribution in [0.5, 0.6) is 5.75 Å². The van der Waals surface area contributed by atoms with Gasteiger partial charge in [0.05, 0.1) is 24.2 Å². The van der Waals surface area contributed by atoms with Crippen molar-refractivity contribution in [3.63, 3.8) is 0 Å². The SMILES string of the molecule is COc1c(C#N)cc(C(=O)N2CSc3ccccc32)cc1C(C)(C)C.Nc1ccccc1S. The van der Waals surface area contributed by atoms with E-state index in [1.54, 1.807) is 29.8 Å².